The molecule has 0 unspecified atom stereocenters. The van der Waals surface area contributed by atoms with Crippen LogP contribution in [0.2, 0.25) is 0 Å². The number of aromatic nitrogens is 2. The van der Waals surface area contributed by atoms with Crippen LogP contribution in [0.25, 0.3) is 0 Å². The van der Waals surface area contributed by atoms with Gasteiger partial charge in [-0.2, -0.15) is 5.10 Å². The minimum atomic E-state index is 0.473. The van der Waals surface area contributed by atoms with Crippen molar-refractivity contribution >= 4 is 37.5 Å². The molecular weight excluding hydrogens is 362 g/mol. The van der Waals surface area contributed by atoms with Crippen molar-refractivity contribution in [3.05, 3.63) is 39.0 Å². The van der Waals surface area contributed by atoms with Crippen LogP contribution in [0.1, 0.15) is 12.5 Å². The highest BCUT2D eigenvalue weighted by molar-refractivity contribution is 9.11. The average molecular weight is 375 g/mol. The quantitative estimate of drug-likeness (QED) is 0.832. The predicted octanol–water partition coefficient (Wildman–Crippen LogP) is 3.59. The highest BCUT2D eigenvalue weighted by Gasteiger charge is 2.08. The first kappa shape index (κ1) is 13.4. The maximum Gasteiger partial charge on any atom is 0.148 e. The van der Waals surface area contributed by atoms with E-state index >= 15 is 0 Å². The Hall–Kier alpha value is -1.01. The van der Waals surface area contributed by atoms with Gasteiger partial charge in [0.15, 0.2) is 0 Å². The Morgan fingerprint density at radius 2 is 2.00 bits per heavy atom. The molecule has 0 amide bonds. The average Bonchev–Trinajstić information content (AvgIpc) is 2.75. The van der Waals surface area contributed by atoms with Crippen molar-refractivity contribution in [1.82, 2.24) is 9.78 Å². The number of nitrogens with zero attached hydrogens (tertiary/aromatic N) is 2. The molecule has 0 aliphatic carbocycles. The zero-order valence-corrected chi connectivity index (χ0v) is 13.0. The number of halogens is 2. The van der Waals surface area contributed by atoms with E-state index in [0.717, 1.165) is 26.8 Å². The van der Waals surface area contributed by atoms with Gasteiger partial charge in [0.25, 0.3) is 0 Å². The summed E-state index contributed by atoms with van der Waals surface area (Å²) in [7, 11) is 0. The minimum Gasteiger partial charge on any atom is -0.486 e. The van der Waals surface area contributed by atoms with Crippen LogP contribution >= 0.6 is 31.9 Å². The SMILES string of the molecule is CCn1cc(COc2c(Br)cc(N)cc2Br)cn1. The molecule has 1 aromatic carbocycles. The molecule has 0 bridgehead atoms. The number of benzene rings is 1. The van der Waals surface area contributed by atoms with Crippen LogP contribution in [0.3, 0.4) is 0 Å². The Morgan fingerprint density at radius 3 is 2.56 bits per heavy atom. The Bertz CT molecular complexity index is 531. The van der Waals surface area contributed by atoms with Crippen molar-refractivity contribution in [3.63, 3.8) is 0 Å². The molecule has 6 heteroatoms. The fourth-order valence-electron chi connectivity index (χ4n) is 1.53. The second-order valence-corrected chi connectivity index (χ2v) is 5.52. The van der Waals surface area contributed by atoms with E-state index in [2.05, 4.69) is 37.0 Å². The van der Waals surface area contributed by atoms with Crippen molar-refractivity contribution in [2.75, 3.05) is 5.73 Å². The van der Waals surface area contributed by atoms with Crippen LogP contribution in [0.15, 0.2) is 33.5 Å². The molecule has 0 atom stereocenters. The lowest BCUT2D eigenvalue weighted by molar-refractivity contribution is 0.302. The monoisotopic (exact) mass is 373 g/mol. The molecule has 2 rings (SSSR count). The number of nitrogens with two attached hydrogens (primary N) is 1. The summed E-state index contributed by atoms with van der Waals surface area (Å²) in [5.74, 6) is 0.744. The first-order valence-corrected chi connectivity index (χ1v) is 7.07. The van der Waals surface area contributed by atoms with Gasteiger partial charge in [-0.25, -0.2) is 0 Å². The molecule has 1 aromatic heterocycles. The summed E-state index contributed by atoms with van der Waals surface area (Å²) in [6.07, 6.45) is 3.78. The van der Waals surface area contributed by atoms with Gasteiger partial charge in [-0.1, -0.05) is 0 Å². The third-order valence-corrected chi connectivity index (χ3v) is 3.59. The lowest BCUT2D eigenvalue weighted by Gasteiger charge is -2.10. The van der Waals surface area contributed by atoms with Crippen molar-refractivity contribution in [2.24, 2.45) is 0 Å². The highest BCUT2D eigenvalue weighted by Crippen LogP contribution is 2.36. The second-order valence-electron chi connectivity index (χ2n) is 3.81. The van der Waals surface area contributed by atoms with E-state index in [4.69, 9.17) is 10.5 Å². The maximum atomic E-state index is 5.76. The summed E-state index contributed by atoms with van der Waals surface area (Å²) < 4.78 is 9.29. The molecule has 2 N–H and O–H groups in total. The number of hydrogen-bond donors (Lipinski definition) is 1. The Morgan fingerprint density at radius 1 is 1.33 bits per heavy atom. The zero-order valence-electron chi connectivity index (χ0n) is 9.86. The van der Waals surface area contributed by atoms with Crippen LogP contribution in [0.4, 0.5) is 5.69 Å². The first-order valence-electron chi connectivity index (χ1n) is 5.48. The zero-order chi connectivity index (χ0) is 13.1. The minimum absolute atomic E-state index is 0.473. The van der Waals surface area contributed by atoms with Gasteiger partial charge >= 0.3 is 0 Å². The molecule has 0 aliphatic heterocycles. The van der Waals surface area contributed by atoms with Crippen LogP contribution in [0, 0.1) is 0 Å². The number of rotatable bonds is 4. The summed E-state index contributed by atoms with van der Waals surface area (Å²) in [5, 5.41) is 4.20. The van der Waals surface area contributed by atoms with Crippen LogP contribution in [0.5, 0.6) is 5.75 Å². The van der Waals surface area contributed by atoms with Gasteiger partial charge in [0.2, 0.25) is 0 Å². The molecule has 0 fully saturated rings. The lowest BCUT2D eigenvalue weighted by atomic mass is 10.3. The summed E-state index contributed by atoms with van der Waals surface area (Å²) in [6.45, 7) is 3.38. The molecule has 96 valence electrons. The number of hydrogen-bond acceptors (Lipinski definition) is 3. The van der Waals surface area contributed by atoms with Gasteiger partial charge in [0.1, 0.15) is 12.4 Å². The molecule has 18 heavy (non-hydrogen) atoms. The molecule has 0 radical (unpaired) electrons. The van der Waals surface area contributed by atoms with E-state index in [9.17, 15) is 0 Å². The number of nitrogen functional groups attached to an aromatic ring is 1. The Kier molecular flexibility index (Phi) is 4.29. The number of aryl methyl sites for hydroxylation is 1. The third kappa shape index (κ3) is 3.05. The van der Waals surface area contributed by atoms with E-state index in [-0.39, 0.29) is 0 Å². The van der Waals surface area contributed by atoms with Crippen molar-refractivity contribution in [3.8, 4) is 5.75 Å². The summed E-state index contributed by atoms with van der Waals surface area (Å²) in [4.78, 5) is 0. The maximum absolute atomic E-state index is 5.76. The van der Waals surface area contributed by atoms with E-state index in [1.165, 1.54) is 0 Å². The molecule has 0 aliphatic rings. The largest absolute Gasteiger partial charge is 0.486 e. The fraction of sp³-hybridized carbons (Fsp3) is 0.250. The molecular formula is C12H13Br2N3O. The summed E-state index contributed by atoms with van der Waals surface area (Å²) in [6, 6.07) is 3.63. The van der Waals surface area contributed by atoms with Gasteiger partial charge < -0.3 is 10.5 Å². The first-order chi connectivity index (χ1) is 8.60. The van der Waals surface area contributed by atoms with Crippen LogP contribution < -0.4 is 10.5 Å². The van der Waals surface area contributed by atoms with Gasteiger partial charge in [0.05, 0.1) is 15.1 Å². The van der Waals surface area contributed by atoms with Gasteiger partial charge in [-0.15, -0.1) is 0 Å². The Balaban J connectivity index is 2.10. The molecule has 0 saturated carbocycles. The topological polar surface area (TPSA) is 53.1 Å². The number of ether oxygens (including phenoxy) is 1. The highest BCUT2D eigenvalue weighted by atomic mass is 79.9. The van der Waals surface area contributed by atoms with Crippen molar-refractivity contribution in [2.45, 2.75) is 20.1 Å². The van der Waals surface area contributed by atoms with E-state index in [0.29, 0.717) is 12.3 Å². The summed E-state index contributed by atoms with van der Waals surface area (Å²) in [5.41, 5.74) is 7.44. The third-order valence-electron chi connectivity index (χ3n) is 2.41. The van der Waals surface area contributed by atoms with E-state index in [1.807, 2.05) is 36.1 Å². The van der Waals surface area contributed by atoms with E-state index < -0.39 is 0 Å². The lowest BCUT2D eigenvalue weighted by Crippen LogP contribution is -1.97. The van der Waals surface area contributed by atoms with Crippen molar-refractivity contribution in [1.29, 1.82) is 0 Å². The van der Waals surface area contributed by atoms with Gasteiger partial charge in [-0.3, -0.25) is 4.68 Å². The van der Waals surface area contributed by atoms with Crippen LogP contribution in [-0.4, -0.2) is 9.78 Å². The summed E-state index contributed by atoms with van der Waals surface area (Å²) >= 11 is 6.87. The van der Waals surface area contributed by atoms with Gasteiger partial charge in [0, 0.05) is 24.0 Å². The van der Waals surface area contributed by atoms with Crippen LogP contribution in [-0.2, 0) is 13.2 Å². The molecule has 0 spiro atoms. The number of anilines is 1. The second kappa shape index (κ2) is 5.75. The standard InChI is InChI=1S/C12H13Br2N3O/c1-2-17-6-8(5-16-17)7-18-12-10(13)3-9(15)4-11(12)14/h3-6H,2,7,15H2,1H3. The molecule has 0 saturated heterocycles. The van der Waals surface area contributed by atoms with E-state index in [1.54, 1.807) is 0 Å². The molecule has 1 heterocycles. The normalized spacial score (nSPS) is 10.6. The Labute approximate surface area is 122 Å². The van der Waals surface area contributed by atoms with Gasteiger partial charge in [-0.05, 0) is 50.9 Å². The smallest absolute Gasteiger partial charge is 0.148 e. The predicted molar refractivity (Wildman–Crippen MR) is 78.5 cm³/mol. The molecule has 2 aromatic rings. The van der Waals surface area contributed by atoms with Crippen molar-refractivity contribution < 1.29 is 4.74 Å². The fourth-order valence-corrected chi connectivity index (χ4v) is 2.98. The molecule has 4 nitrogen and oxygen atoms in total.